The molecule has 0 saturated heterocycles. The highest BCUT2D eigenvalue weighted by Gasteiger charge is 2.17. The molecule has 1 unspecified atom stereocenters. The van der Waals surface area contributed by atoms with E-state index >= 15 is 0 Å². The maximum Gasteiger partial charge on any atom is 0.338 e. The molecule has 1 aromatic rings. The summed E-state index contributed by atoms with van der Waals surface area (Å²) in [6.45, 7) is 6.22. The smallest absolute Gasteiger partial charge is 0.338 e. The topological polar surface area (TPSA) is 50.2 Å². The Hall–Kier alpha value is -0.740. The zero-order valence-electron chi connectivity index (χ0n) is 9.40. The molecule has 88 valence electrons. The lowest BCUT2D eigenvalue weighted by Gasteiger charge is -2.15. The van der Waals surface area contributed by atoms with Crippen LogP contribution in [0.25, 0.3) is 0 Å². The van der Waals surface area contributed by atoms with Crippen molar-refractivity contribution in [2.45, 2.75) is 31.0 Å². The zero-order valence-corrected chi connectivity index (χ0v) is 11.0. The molecule has 0 fully saturated rings. The van der Waals surface area contributed by atoms with Gasteiger partial charge in [-0.15, -0.1) is 11.8 Å². The second-order valence-electron chi connectivity index (χ2n) is 3.86. The summed E-state index contributed by atoms with van der Waals surface area (Å²) in [5.74, 6) is -0.518. The monoisotopic (exact) mass is 259 g/mol. The standard InChI is InChI=1S/C11H14ClNO2S/c1-6(2)7(3)16-10-8(11(14)15)4-5-9(12)13-10/h4-7H,1-3H3,(H,14,15). The van der Waals surface area contributed by atoms with Crippen LogP contribution in [0.1, 0.15) is 31.1 Å². The highest BCUT2D eigenvalue weighted by molar-refractivity contribution is 7.99. The molecule has 0 spiro atoms. The van der Waals surface area contributed by atoms with Gasteiger partial charge in [-0.05, 0) is 18.1 Å². The van der Waals surface area contributed by atoms with Crippen LogP contribution >= 0.6 is 23.4 Å². The molecule has 0 bridgehead atoms. The van der Waals surface area contributed by atoms with Gasteiger partial charge in [0.25, 0.3) is 0 Å². The van der Waals surface area contributed by atoms with Gasteiger partial charge in [0, 0.05) is 5.25 Å². The number of hydrogen-bond acceptors (Lipinski definition) is 3. The van der Waals surface area contributed by atoms with Crippen molar-refractivity contribution in [2.24, 2.45) is 5.92 Å². The van der Waals surface area contributed by atoms with Crippen molar-refractivity contribution in [3.63, 3.8) is 0 Å². The highest BCUT2D eigenvalue weighted by Crippen LogP contribution is 2.30. The molecule has 1 heterocycles. The number of hydrogen-bond donors (Lipinski definition) is 1. The minimum Gasteiger partial charge on any atom is -0.478 e. The molecule has 0 amide bonds. The first-order chi connectivity index (χ1) is 7.41. The van der Waals surface area contributed by atoms with E-state index < -0.39 is 5.97 Å². The number of rotatable bonds is 4. The van der Waals surface area contributed by atoms with E-state index in [-0.39, 0.29) is 5.56 Å². The Bertz CT molecular complexity index is 396. The molecule has 0 aliphatic carbocycles. The van der Waals surface area contributed by atoms with Gasteiger partial charge in [0.2, 0.25) is 0 Å². The molecule has 0 aromatic carbocycles. The molecule has 16 heavy (non-hydrogen) atoms. The average molecular weight is 260 g/mol. The van der Waals surface area contributed by atoms with Crippen LogP contribution in [0.15, 0.2) is 17.2 Å². The number of carboxylic acids is 1. The van der Waals surface area contributed by atoms with E-state index in [9.17, 15) is 4.79 Å². The fourth-order valence-electron chi connectivity index (χ4n) is 0.983. The fraction of sp³-hybridized carbons (Fsp3) is 0.455. The third-order valence-corrected chi connectivity index (χ3v) is 3.95. The maximum atomic E-state index is 11.0. The van der Waals surface area contributed by atoms with Crippen molar-refractivity contribution in [2.75, 3.05) is 0 Å². The van der Waals surface area contributed by atoms with Gasteiger partial charge in [-0.2, -0.15) is 0 Å². The van der Waals surface area contributed by atoms with Gasteiger partial charge in [-0.1, -0.05) is 32.4 Å². The molecule has 1 atom stereocenters. The Balaban J connectivity index is 3.01. The number of aromatic carboxylic acids is 1. The fourth-order valence-corrected chi connectivity index (χ4v) is 2.24. The van der Waals surface area contributed by atoms with Gasteiger partial charge < -0.3 is 5.11 Å². The van der Waals surface area contributed by atoms with Crippen molar-refractivity contribution >= 4 is 29.3 Å². The van der Waals surface area contributed by atoms with E-state index in [1.165, 1.54) is 23.9 Å². The number of carboxylic acid groups (broad SMARTS) is 1. The van der Waals surface area contributed by atoms with Gasteiger partial charge in [-0.25, -0.2) is 9.78 Å². The van der Waals surface area contributed by atoms with E-state index in [2.05, 4.69) is 18.8 Å². The van der Waals surface area contributed by atoms with Crippen molar-refractivity contribution in [3.8, 4) is 0 Å². The Morgan fingerprint density at radius 2 is 2.06 bits per heavy atom. The molecule has 0 radical (unpaired) electrons. The van der Waals surface area contributed by atoms with Crippen molar-refractivity contribution < 1.29 is 9.90 Å². The van der Waals surface area contributed by atoms with Crippen LogP contribution in [0.5, 0.6) is 0 Å². The minimum absolute atomic E-state index is 0.210. The summed E-state index contributed by atoms with van der Waals surface area (Å²) in [6.07, 6.45) is 0. The van der Waals surface area contributed by atoms with Crippen LogP contribution < -0.4 is 0 Å². The molecule has 0 aliphatic rings. The van der Waals surface area contributed by atoms with Crippen molar-refractivity contribution in [3.05, 3.63) is 22.8 Å². The molecule has 1 rings (SSSR count). The van der Waals surface area contributed by atoms with Crippen LogP contribution in [0.3, 0.4) is 0 Å². The summed E-state index contributed by atoms with van der Waals surface area (Å²) in [4.78, 5) is 15.1. The van der Waals surface area contributed by atoms with Crippen LogP contribution in [-0.2, 0) is 0 Å². The van der Waals surface area contributed by atoms with E-state index in [1.54, 1.807) is 0 Å². The first kappa shape index (κ1) is 13.3. The Labute approximate surface area is 104 Å². The van der Waals surface area contributed by atoms with E-state index in [0.29, 0.717) is 21.3 Å². The third-order valence-electron chi connectivity index (χ3n) is 2.29. The minimum atomic E-state index is -0.970. The summed E-state index contributed by atoms with van der Waals surface area (Å²) in [5.41, 5.74) is 0.210. The second-order valence-corrected chi connectivity index (χ2v) is 5.61. The van der Waals surface area contributed by atoms with E-state index in [1.807, 2.05) is 6.92 Å². The highest BCUT2D eigenvalue weighted by atomic mass is 35.5. The first-order valence-electron chi connectivity index (χ1n) is 4.98. The Morgan fingerprint density at radius 3 is 2.56 bits per heavy atom. The molecule has 1 aromatic heterocycles. The molecule has 0 aliphatic heterocycles. The lowest BCUT2D eigenvalue weighted by Crippen LogP contribution is -2.08. The molecule has 5 heteroatoms. The molecule has 3 nitrogen and oxygen atoms in total. The van der Waals surface area contributed by atoms with Crippen molar-refractivity contribution in [1.29, 1.82) is 0 Å². The quantitative estimate of drug-likeness (QED) is 0.663. The Morgan fingerprint density at radius 1 is 1.44 bits per heavy atom. The van der Waals surface area contributed by atoms with Crippen LogP contribution in [0.4, 0.5) is 0 Å². The number of carbonyl (C=O) groups is 1. The predicted molar refractivity (Wildman–Crippen MR) is 66.4 cm³/mol. The number of thioether (sulfide) groups is 1. The van der Waals surface area contributed by atoms with Gasteiger partial charge in [0.05, 0.1) is 5.56 Å². The van der Waals surface area contributed by atoms with Gasteiger partial charge >= 0.3 is 5.97 Å². The lowest BCUT2D eigenvalue weighted by atomic mass is 10.2. The number of halogens is 1. The lowest BCUT2D eigenvalue weighted by molar-refractivity contribution is 0.0692. The van der Waals surface area contributed by atoms with Crippen LogP contribution in [0, 0.1) is 5.92 Å². The summed E-state index contributed by atoms with van der Waals surface area (Å²) < 4.78 is 0. The first-order valence-corrected chi connectivity index (χ1v) is 6.24. The Kier molecular flexibility index (Phi) is 4.62. The predicted octanol–water partition coefficient (Wildman–Crippen LogP) is 3.57. The normalized spacial score (nSPS) is 12.8. The summed E-state index contributed by atoms with van der Waals surface area (Å²) in [7, 11) is 0. The number of pyridine rings is 1. The summed E-state index contributed by atoms with van der Waals surface area (Å²) in [6, 6.07) is 2.99. The molecule has 1 N–H and O–H groups in total. The summed E-state index contributed by atoms with van der Waals surface area (Å²) >= 11 is 7.21. The van der Waals surface area contributed by atoms with Crippen LogP contribution in [-0.4, -0.2) is 21.3 Å². The molecular formula is C11H14ClNO2S. The van der Waals surface area contributed by atoms with Gasteiger partial charge in [0.1, 0.15) is 10.2 Å². The van der Waals surface area contributed by atoms with E-state index in [4.69, 9.17) is 16.7 Å². The average Bonchev–Trinajstić information content (AvgIpc) is 2.16. The molecular weight excluding hydrogens is 246 g/mol. The molecule has 0 saturated carbocycles. The number of aromatic nitrogens is 1. The third kappa shape index (κ3) is 3.39. The summed E-state index contributed by atoms with van der Waals surface area (Å²) in [5, 5.41) is 10.1. The number of nitrogens with zero attached hydrogens (tertiary/aromatic N) is 1. The van der Waals surface area contributed by atoms with E-state index in [0.717, 1.165) is 0 Å². The zero-order chi connectivity index (χ0) is 12.3. The van der Waals surface area contributed by atoms with Crippen LogP contribution in [0.2, 0.25) is 5.15 Å². The van der Waals surface area contributed by atoms with Gasteiger partial charge in [0.15, 0.2) is 0 Å². The largest absolute Gasteiger partial charge is 0.478 e. The van der Waals surface area contributed by atoms with Crippen molar-refractivity contribution in [1.82, 2.24) is 4.98 Å². The van der Waals surface area contributed by atoms with Gasteiger partial charge in [-0.3, -0.25) is 0 Å². The second kappa shape index (κ2) is 5.55. The maximum absolute atomic E-state index is 11.0. The SMILES string of the molecule is CC(C)C(C)Sc1nc(Cl)ccc1C(=O)O.